The summed E-state index contributed by atoms with van der Waals surface area (Å²) in [5.74, 6) is -0.392. The number of ether oxygens (including phenoxy) is 1. The van der Waals surface area contributed by atoms with Gasteiger partial charge in [0.1, 0.15) is 5.82 Å². The van der Waals surface area contributed by atoms with Gasteiger partial charge < -0.3 is 15.0 Å². The maximum Gasteiger partial charge on any atom is 0.161 e. The highest BCUT2D eigenvalue weighted by Crippen LogP contribution is 2.40. The van der Waals surface area contributed by atoms with Crippen molar-refractivity contribution >= 4 is 11.0 Å². The molecule has 6 heteroatoms. The number of imidazole rings is 1. The van der Waals surface area contributed by atoms with E-state index in [1.54, 1.807) is 0 Å². The summed E-state index contributed by atoms with van der Waals surface area (Å²) in [7, 11) is 0. The molecule has 2 N–H and O–H groups in total. The van der Waals surface area contributed by atoms with Crippen molar-refractivity contribution in [2.45, 2.75) is 25.3 Å². The van der Waals surface area contributed by atoms with Gasteiger partial charge in [-0.15, -0.1) is 0 Å². The largest absolute Gasteiger partial charge is 0.378 e. The fraction of sp³-hybridized carbons (Fsp3) is 0.500. The van der Waals surface area contributed by atoms with E-state index in [2.05, 4.69) is 4.98 Å². The summed E-state index contributed by atoms with van der Waals surface area (Å²) in [6.45, 7) is 2.03. The van der Waals surface area contributed by atoms with E-state index < -0.39 is 11.6 Å². The van der Waals surface area contributed by atoms with Crippen LogP contribution in [0.2, 0.25) is 0 Å². The highest BCUT2D eigenvalue weighted by molar-refractivity contribution is 5.76. The lowest BCUT2D eigenvalue weighted by molar-refractivity contribution is 0.133. The Balaban J connectivity index is 1.93. The maximum atomic E-state index is 13.4. The summed E-state index contributed by atoms with van der Waals surface area (Å²) in [6.07, 6.45) is 2.16. The molecule has 1 aromatic carbocycles. The first-order valence-corrected chi connectivity index (χ1v) is 6.83. The Kier molecular flexibility index (Phi) is 3.67. The molecular formula is C14H17F2N3O. The molecule has 0 atom stereocenters. The van der Waals surface area contributed by atoms with E-state index in [-0.39, 0.29) is 0 Å². The number of nitrogens with zero attached hydrogens (tertiary/aromatic N) is 2. The van der Waals surface area contributed by atoms with Gasteiger partial charge in [0.2, 0.25) is 0 Å². The minimum atomic E-state index is -0.858. The smallest absolute Gasteiger partial charge is 0.161 e. The van der Waals surface area contributed by atoms with Crippen molar-refractivity contribution in [2.24, 2.45) is 5.73 Å². The third-order valence-corrected chi connectivity index (χ3v) is 3.48. The lowest BCUT2D eigenvalue weighted by atomic mass is 10.3. The van der Waals surface area contributed by atoms with Gasteiger partial charge in [0, 0.05) is 31.1 Å². The number of hydrogen-bond donors (Lipinski definition) is 1. The molecule has 4 nitrogen and oxygen atoms in total. The van der Waals surface area contributed by atoms with Gasteiger partial charge in [-0.25, -0.2) is 13.8 Å². The van der Waals surface area contributed by atoms with Crippen molar-refractivity contribution in [1.82, 2.24) is 9.55 Å². The molecule has 20 heavy (non-hydrogen) atoms. The third kappa shape index (κ3) is 2.53. The first kappa shape index (κ1) is 13.5. The second-order valence-corrected chi connectivity index (χ2v) is 5.05. The molecule has 1 fully saturated rings. The SMILES string of the molecule is NCCOCCn1c(C2CC2)nc2cc(F)c(F)cc21. The average Bonchev–Trinajstić information content (AvgIpc) is 3.21. The summed E-state index contributed by atoms with van der Waals surface area (Å²) in [4.78, 5) is 4.45. The van der Waals surface area contributed by atoms with Crippen molar-refractivity contribution < 1.29 is 13.5 Å². The number of rotatable bonds is 6. The number of hydrogen-bond acceptors (Lipinski definition) is 3. The van der Waals surface area contributed by atoms with Crippen LogP contribution in [-0.4, -0.2) is 29.3 Å². The Morgan fingerprint density at radius 1 is 1.25 bits per heavy atom. The van der Waals surface area contributed by atoms with Crippen molar-refractivity contribution in [3.63, 3.8) is 0 Å². The van der Waals surface area contributed by atoms with E-state index in [0.29, 0.717) is 43.3 Å². The van der Waals surface area contributed by atoms with Crippen LogP contribution < -0.4 is 5.73 Å². The molecule has 1 aromatic heterocycles. The molecule has 0 saturated heterocycles. The fourth-order valence-corrected chi connectivity index (χ4v) is 2.37. The molecule has 1 heterocycles. The molecule has 0 bridgehead atoms. The number of aromatic nitrogens is 2. The summed E-state index contributed by atoms with van der Waals surface area (Å²) in [5, 5.41) is 0. The second kappa shape index (κ2) is 5.46. The molecule has 1 aliphatic carbocycles. The quantitative estimate of drug-likeness (QED) is 0.826. The number of benzene rings is 1. The van der Waals surface area contributed by atoms with Crippen molar-refractivity contribution in [2.75, 3.05) is 19.8 Å². The predicted octanol–water partition coefficient (Wildman–Crippen LogP) is 2.17. The standard InChI is InChI=1S/C14H17F2N3O/c15-10-7-12-13(8-11(10)16)19(4-6-20-5-3-17)14(18-12)9-1-2-9/h7-9H,1-6,17H2. The van der Waals surface area contributed by atoms with E-state index >= 15 is 0 Å². The zero-order chi connectivity index (χ0) is 14.1. The van der Waals surface area contributed by atoms with Gasteiger partial charge in [0.25, 0.3) is 0 Å². The Hall–Kier alpha value is -1.53. The first-order chi connectivity index (χ1) is 9.70. The molecular weight excluding hydrogens is 264 g/mol. The Morgan fingerprint density at radius 3 is 2.70 bits per heavy atom. The van der Waals surface area contributed by atoms with Crippen LogP contribution in [0.4, 0.5) is 8.78 Å². The van der Waals surface area contributed by atoms with E-state index in [4.69, 9.17) is 10.5 Å². The van der Waals surface area contributed by atoms with Crippen LogP contribution in [0, 0.1) is 11.6 Å². The number of nitrogens with two attached hydrogens (primary N) is 1. The number of fused-ring (bicyclic) bond motifs is 1. The summed E-state index contributed by atoms with van der Waals surface area (Å²) >= 11 is 0. The summed E-state index contributed by atoms with van der Waals surface area (Å²) < 4.78 is 34.0. The van der Waals surface area contributed by atoms with Gasteiger partial charge in [-0.05, 0) is 12.8 Å². The van der Waals surface area contributed by atoms with E-state index in [9.17, 15) is 8.78 Å². The Bertz CT molecular complexity index is 622. The van der Waals surface area contributed by atoms with Gasteiger partial charge in [0.15, 0.2) is 11.6 Å². The molecule has 3 rings (SSSR count). The van der Waals surface area contributed by atoms with Gasteiger partial charge in [-0.3, -0.25) is 0 Å². The van der Waals surface area contributed by atoms with Crippen LogP contribution in [0.15, 0.2) is 12.1 Å². The first-order valence-electron chi connectivity index (χ1n) is 6.83. The van der Waals surface area contributed by atoms with Crippen molar-refractivity contribution in [1.29, 1.82) is 0 Å². The van der Waals surface area contributed by atoms with Gasteiger partial charge in [-0.2, -0.15) is 0 Å². The molecule has 0 radical (unpaired) electrons. The minimum absolute atomic E-state index is 0.406. The fourth-order valence-electron chi connectivity index (χ4n) is 2.37. The minimum Gasteiger partial charge on any atom is -0.378 e. The van der Waals surface area contributed by atoms with Gasteiger partial charge >= 0.3 is 0 Å². The number of halogens is 2. The van der Waals surface area contributed by atoms with Crippen molar-refractivity contribution in [3.8, 4) is 0 Å². The molecule has 1 saturated carbocycles. The Labute approximate surface area is 115 Å². The Morgan fingerprint density at radius 2 is 2.00 bits per heavy atom. The molecule has 2 aromatic rings. The molecule has 0 amide bonds. The van der Waals surface area contributed by atoms with Crippen LogP contribution in [0.25, 0.3) is 11.0 Å². The molecule has 0 spiro atoms. The average molecular weight is 281 g/mol. The lowest BCUT2D eigenvalue weighted by Crippen LogP contribution is -2.13. The third-order valence-electron chi connectivity index (χ3n) is 3.48. The van der Waals surface area contributed by atoms with Crippen LogP contribution >= 0.6 is 0 Å². The zero-order valence-corrected chi connectivity index (χ0v) is 11.1. The van der Waals surface area contributed by atoms with Crippen LogP contribution in [-0.2, 0) is 11.3 Å². The highest BCUT2D eigenvalue weighted by atomic mass is 19.2. The molecule has 0 unspecified atom stereocenters. The van der Waals surface area contributed by atoms with Crippen LogP contribution in [0.1, 0.15) is 24.6 Å². The normalized spacial score (nSPS) is 15.2. The zero-order valence-electron chi connectivity index (χ0n) is 11.1. The summed E-state index contributed by atoms with van der Waals surface area (Å²) in [6, 6.07) is 2.38. The summed E-state index contributed by atoms with van der Waals surface area (Å²) in [5.41, 5.74) is 6.50. The van der Waals surface area contributed by atoms with Gasteiger partial charge in [0.05, 0.1) is 24.2 Å². The van der Waals surface area contributed by atoms with E-state index in [0.717, 1.165) is 24.7 Å². The maximum absolute atomic E-state index is 13.4. The highest BCUT2D eigenvalue weighted by Gasteiger charge is 2.29. The van der Waals surface area contributed by atoms with Gasteiger partial charge in [-0.1, -0.05) is 0 Å². The topological polar surface area (TPSA) is 53.1 Å². The monoisotopic (exact) mass is 281 g/mol. The van der Waals surface area contributed by atoms with Crippen LogP contribution in [0.3, 0.4) is 0 Å². The predicted molar refractivity (Wildman–Crippen MR) is 71.5 cm³/mol. The van der Waals surface area contributed by atoms with E-state index in [1.165, 1.54) is 6.07 Å². The molecule has 0 aliphatic heterocycles. The second-order valence-electron chi connectivity index (χ2n) is 5.05. The van der Waals surface area contributed by atoms with E-state index in [1.807, 2.05) is 4.57 Å². The molecule has 108 valence electrons. The van der Waals surface area contributed by atoms with Crippen LogP contribution in [0.5, 0.6) is 0 Å². The van der Waals surface area contributed by atoms with Crippen molar-refractivity contribution in [3.05, 3.63) is 29.6 Å². The lowest BCUT2D eigenvalue weighted by Gasteiger charge is -2.09. The molecule has 1 aliphatic rings.